The molecule has 104 valence electrons. The molecule has 0 spiro atoms. The number of halogens is 2. The highest BCUT2D eigenvalue weighted by atomic mass is 35.7. The highest BCUT2D eigenvalue weighted by Crippen LogP contribution is 2.27. The van der Waals surface area contributed by atoms with Gasteiger partial charge in [-0.2, -0.15) is 0 Å². The number of carbonyl (C=O) groups is 1. The fourth-order valence-electron chi connectivity index (χ4n) is 1.85. The van der Waals surface area contributed by atoms with E-state index in [1.165, 1.54) is 12.1 Å². The number of nitrogens with one attached hydrogen (secondary N) is 1. The molecule has 1 N–H and O–H groups in total. The van der Waals surface area contributed by atoms with Gasteiger partial charge in [0.2, 0.25) is 0 Å². The molecule has 0 aromatic heterocycles. The van der Waals surface area contributed by atoms with Gasteiger partial charge >= 0.3 is 0 Å². The number of carbonyl (C=O) groups excluding carboxylic acids is 1. The van der Waals surface area contributed by atoms with Crippen molar-refractivity contribution in [2.45, 2.75) is 37.1 Å². The molecule has 0 heterocycles. The average molecular weight is 322 g/mol. The molecule has 1 aromatic carbocycles. The number of benzene rings is 1. The van der Waals surface area contributed by atoms with Crippen molar-refractivity contribution in [3.05, 3.63) is 28.3 Å². The Kier molecular flexibility index (Phi) is 4.08. The molecule has 4 nitrogen and oxygen atoms in total. The maximum Gasteiger partial charge on any atom is 0.261 e. The largest absolute Gasteiger partial charge is 0.349 e. The standard InChI is InChI=1S/C12H13Cl2NO3S/c1-7-10(12(16)15-8-3-2-4-8)5-9(6-11(7)13)19(14,17)18/h5-6,8H,2-4H2,1H3,(H,15,16). The van der Waals surface area contributed by atoms with Gasteiger partial charge in [0.25, 0.3) is 15.0 Å². The van der Waals surface area contributed by atoms with Crippen LogP contribution in [-0.4, -0.2) is 20.4 Å². The van der Waals surface area contributed by atoms with Crippen LogP contribution in [0.5, 0.6) is 0 Å². The van der Waals surface area contributed by atoms with Crippen LogP contribution < -0.4 is 5.32 Å². The smallest absolute Gasteiger partial charge is 0.261 e. The van der Waals surface area contributed by atoms with E-state index in [-0.39, 0.29) is 27.4 Å². The van der Waals surface area contributed by atoms with Gasteiger partial charge < -0.3 is 5.32 Å². The summed E-state index contributed by atoms with van der Waals surface area (Å²) in [4.78, 5) is 11.9. The summed E-state index contributed by atoms with van der Waals surface area (Å²) in [5.41, 5.74) is 0.793. The van der Waals surface area contributed by atoms with E-state index in [1.54, 1.807) is 6.92 Å². The molecule has 0 bridgehead atoms. The Morgan fingerprint density at radius 2 is 2.00 bits per heavy atom. The second kappa shape index (κ2) is 5.31. The molecule has 1 aliphatic carbocycles. The van der Waals surface area contributed by atoms with Crippen LogP contribution in [0.4, 0.5) is 0 Å². The van der Waals surface area contributed by atoms with Gasteiger partial charge in [-0.05, 0) is 43.9 Å². The Balaban J connectivity index is 2.37. The van der Waals surface area contributed by atoms with Gasteiger partial charge in [0.05, 0.1) is 4.90 Å². The fraction of sp³-hybridized carbons (Fsp3) is 0.417. The quantitative estimate of drug-likeness (QED) is 0.871. The van der Waals surface area contributed by atoms with Crippen LogP contribution in [0.3, 0.4) is 0 Å². The second-order valence-corrected chi connectivity index (χ2v) is 7.59. The van der Waals surface area contributed by atoms with Crippen LogP contribution in [-0.2, 0) is 9.05 Å². The Morgan fingerprint density at radius 3 is 2.47 bits per heavy atom. The minimum atomic E-state index is -3.91. The van der Waals surface area contributed by atoms with Crippen molar-refractivity contribution in [2.75, 3.05) is 0 Å². The normalized spacial score (nSPS) is 15.9. The van der Waals surface area contributed by atoms with E-state index in [9.17, 15) is 13.2 Å². The summed E-state index contributed by atoms with van der Waals surface area (Å²) in [5.74, 6) is -0.314. The van der Waals surface area contributed by atoms with Crippen molar-refractivity contribution in [3.63, 3.8) is 0 Å². The van der Waals surface area contributed by atoms with E-state index < -0.39 is 9.05 Å². The Morgan fingerprint density at radius 1 is 1.37 bits per heavy atom. The summed E-state index contributed by atoms with van der Waals surface area (Å²) < 4.78 is 22.7. The summed E-state index contributed by atoms with van der Waals surface area (Å²) in [6, 6.07) is 2.68. The maximum absolute atomic E-state index is 12.1. The van der Waals surface area contributed by atoms with Crippen LogP contribution in [0.25, 0.3) is 0 Å². The highest BCUT2D eigenvalue weighted by molar-refractivity contribution is 8.13. The third kappa shape index (κ3) is 3.22. The zero-order chi connectivity index (χ0) is 14.2. The van der Waals surface area contributed by atoms with Gasteiger partial charge in [0.15, 0.2) is 0 Å². The minimum Gasteiger partial charge on any atom is -0.349 e. The summed E-state index contributed by atoms with van der Waals surface area (Å²) in [7, 11) is 1.38. The van der Waals surface area contributed by atoms with E-state index in [2.05, 4.69) is 5.32 Å². The van der Waals surface area contributed by atoms with Crippen LogP contribution in [0.2, 0.25) is 5.02 Å². The molecule has 7 heteroatoms. The predicted octanol–water partition coefficient (Wildman–Crippen LogP) is 2.86. The van der Waals surface area contributed by atoms with Crippen molar-refractivity contribution in [3.8, 4) is 0 Å². The molecule has 0 atom stereocenters. The SMILES string of the molecule is Cc1c(Cl)cc(S(=O)(=O)Cl)cc1C(=O)NC1CCC1. The molecule has 1 saturated carbocycles. The lowest BCUT2D eigenvalue weighted by molar-refractivity contribution is 0.0916. The third-order valence-corrected chi connectivity index (χ3v) is 5.01. The van der Waals surface area contributed by atoms with Gasteiger partial charge in [-0.3, -0.25) is 4.79 Å². The van der Waals surface area contributed by atoms with Crippen LogP contribution in [0.1, 0.15) is 35.2 Å². The van der Waals surface area contributed by atoms with Gasteiger partial charge in [-0.15, -0.1) is 0 Å². The number of hydrogen-bond donors (Lipinski definition) is 1. The van der Waals surface area contributed by atoms with Gasteiger partial charge in [0.1, 0.15) is 0 Å². The molecular weight excluding hydrogens is 309 g/mol. The van der Waals surface area contributed by atoms with E-state index in [0.29, 0.717) is 5.56 Å². The minimum absolute atomic E-state index is 0.163. The lowest BCUT2D eigenvalue weighted by atomic mass is 9.92. The topological polar surface area (TPSA) is 63.2 Å². The molecule has 2 rings (SSSR count). The third-order valence-electron chi connectivity index (χ3n) is 3.28. The molecule has 0 unspecified atom stereocenters. The Hall–Kier alpha value is -0.780. The first-order chi connectivity index (χ1) is 8.79. The molecule has 0 radical (unpaired) electrons. The summed E-state index contributed by atoms with van der Waals surface area (Å²) in [6.07, 6.45) is 3.00. The Labute approximate surface area is 121 Å². The molecule has 19 heavy (non-hydrogen) atoms. The van der Waals surface area contributed by atoms with E-state index in [0.717, 1.165) is 19.3 Å². The maximum atomic E-state index is 12.1. The van der Waals surface area contributed by atoms with Crippen LogP contribution >= 0.6 is 22.3 Å². The van der Waals surface area contributed by atoms with Crippen LogP contribution in [0, 0.1) is 6.92 Å². The number of rotatable bonds is 3. The first kappa shape index (κ1) is 14.6. The summed E-state index contributed by atoms with van der Waals surface area (Å²) >= 11 is 5.95. The van der Waals surface area contributed by atoms with E-state index >= 15 is 0 Å². The zero-order valence-electron chi connectivity index (χ0n) is 10.2. The fourth-order valence-corrected chi connectivity index (χ4v) is 2.91. The summed E-state index contributed by atoms with van der Waals surface area (Å²) in [5, 5.41) is 3.05. The molecule has 0 saturated heterocycles. The van der Waals surface area contributed by atoms with Crippen molar-refractivity contribution in [1.29, 1.82) is 0 Å². The van der Waals surface area contributed by atoms with E-state index in [1.807, 2.05) is 0 Å². The molecule has 1 fully saturated rings. The number of hydrogen-bond acceptors (Lipinski definition) is 3. The number of amides is 1. The zero-order valence-corrected chi connectivity index (χ0v) is 12.6. The van der Waals surface area contributed by atoms with Crippen molar-refractivity contribution in [2.24, 2.45) is 0 Å². The monoisotopic (exact) mass is 321 g/mol. The molecule has 0 aliphatic heterocycles. The molecular formula is C12H13Cl2NO3S. The Bertz CT molecular complexity index is 624. The second-order valence-electron chi connectivity index (χ2n) is 4.62. The first-order valence-corrected chi connectivity index (χ1v) is 8.53. The van der Waals surface area contributed by atoms with Gasteiger partial charge in [-0.25, -0.2) is 8.42 Å². The van der Waals surface area contributed by atoms with E-state index in [4.69, 9.17) is 22.3 Å². The molecule has 1 aliphatic rings. The first-order valence-electron chi connectivity index (χ1n) is 5.84. The highest BCUT2D eigenvalue weighted by Gasteiger charge is 2.23. The van der Waals surface area contributed by atoms with Crippen molar-refractivity contribution >= 4 is 37.2 Å². The molecule has 1 aromatic rings. The average Bonchev–Trinajstić information content (AvgIpc) is 2.25. The predicted molar refractivity (Wildman–Crippen MR) is 74.3 cm³/mol. The van der Waals surface area contributed by atoms with Crippen molar-refractivity contribution < 1.29 is 13.2 Å². The van der Waals surface area contributed by atoms with Crippen LogP contribution in [0.15, 0.2) is 17.0 Å². The lowest BCUT2D eigenvalue weighted by Crippen LogP contribution is -2.39. The lowest BCUT2D eigenvalue weighted by Gasteiger charge is -2.26. The van der Waals surface area contributed by atoms with Gasteiger partial charge in [0, 0.05) is 27.3 Å². The molecule has 1 amide bonds. The van der Waals surface area contributed by atoms with Crippen molar-refractivity contribution in [1.82, 2.24) is 5.32 Å². The summed E-state index contributed by atoms with van der Waals surface area (Å²) in [6.45, 7) is 1.67. The van der Waals surface area contributed by atoms with Gasteiger partial charge in [-0.1, -0.05) is 11.6 Å².